The summed E-state index contributed by atoms with van der Waals surface area (Å²) in [4.78, 5) is 0. The van der Waals surface area contributed by atoms with Crippen LogP contribution in [0.5, 0.6) is 0 Å². The van der Waals surface area contributed by atoms with Crippen LogP contribution in [0.4, 0.5) is 0 Å². The highest BCUT2D eigenvalue weighted by Gasteiger charge is 2.19. The normalized spacial score (nSPS) is 12.0. The number of ether oxygens (including phenoxy) is 1. The van der Waals surface area contributed by atoms with E-state index in [0.717, 1.165) is 31.8 Å². The monoisotopic (exact) mass is 225 g/mol. The van der Waals surface area contributed by atoms with E-state index >= 15 is 0 Å². The molecule has 0 radical (unpaired) electrons. The third kappa shape index (κ3) is 4.77. The fourth-order valence-corrected chi connectivity index (χ4v) is 1.71. The van der Waals surface area contributed by atoms with Crippen molar-refractivity contribution in [3.8, 4) is 0 Å². The number of hydrogen-bond acceptors (Lipinski definition) is 3. The molecule has 0 unspecified atom stereocenters. The van der Waals surface area contributed by atoms with Crippen molar-refractivity contribution in [3.05, 3.63) is 18.0 Å². The Balaban J connectivity index is 2.33. The molecular formula is C12H23N3O. The molecule has 0 saturated heterocycles. The van der Waals surface area contributed by atoms with Gasteiger partial charge in [0.15, 0.2) is 0 Å². The van der Waals surface area contributed by atoms with Crippen LogP contribution >= 0.6 is 0 Å². The van der Waals surface area contributed by atoms with E-state index in [4.69, 9.17) is 4.74 Å². The number of aromatic nitrogens is 2. The molecule has 0 aliphatic rings. The van der Waals surface area contributed by atoms with Gasteiger partial charge in [0, 0.05) is 33.4 Å². The van der Waals surface area contributed by atoms with Crippen molar-refractivity contribution in [2.45, 2.75) is 20.3 Å². The second-order valence-electron chi connectivity index (χ2n) is 4.99. The van der Waals surface area contributed by atoms with Gasteiger partial charge in [0.05, 0.1) is 12.3 Å². The van der Waals surface area contributed by atoms with E-state index in [-0.39, 0.29) is 5.41 Å². The summed E-state index contributed by atoms with van der Waals surface area (Å²) in [5, 5.41) is 7.80. The molecule has 16 heavy (non-hydrogen) atoms. The lowest BCUT2D eigenvalue weighted by Crippen LogP contribution is -2.33. The maximum Gasteiger partial charge on any atom is 0.0630 e. The largest absolute Gasteiger partial charge is 0.383 e. The summed E-state index contributed by atoms with van der Waals surface area (Å²) in [6, 6.07) is 2.08. The number of methoxy groups -OCH3 is 1. The minimum atomic E-state index is 0.224. The maximum atomic E-state index is 5.00. The van der Waals surface area contributed by atoms with Gasteiger partial charge >= 0.3 is 0 Å². The Morgan fingerprint density at radius 1 is 1.50 bits per heavy atom. The molecule has 1 N–H and O–H groups in total. The first kappa shape index (κ1) is 13.2. The van der Waals surface area contributed by atoms with Crippen LogP contribution in [0.25, 0.3) is 0 Å². The molecule has 0 saturated carbocycles. The average molecular weight is 225 g/mol. The summed E-state index contributed by atoms with van der Waals surface area (Å²) < 4.78 is 6.85. The number of aryl methyl sites for hydroxylation is 1. The third-order valence-corrected chi connectivity index (χ3v) is 2.52. The lowest BCUT2D eigenvalue weighted by Gasteiger charge is -2.24. The molecule has 1 rings (SSSR count). The highest BCUT2D eigenvalue weighted by Crippen LogP contribution is 2.19. The van der Waals surface area contributed by atoms with Crippen LogP contribution < -0.4 is 5.32 Å². The van der Waals surface area contributed by atoms with Crippen molar-refractivity contribution < 1.29 is 4.74 Å². The zero-order chi connectivity index (χ0) is 12.0. The number of rotatable bonds is 7. The molecule has 0 atom stereocenters. The summed E-state index contributed by atoms with van der Waals surface area (Å²) in [6.07, 6.45) is 2.98. The molecule has 1 heterocycles. The molecule has 1 aromatic rings. The predicted octanol–water partition coefficient (Wildman–Crippen LogP) is 1.22. The van der Waals surface area contributed by atoms with Crippen molar-refractivity contribution in [2.24, 2.45) is 12.5 Å². The summed E-state index contributed by atoms with van der Waals surface area (Å²) in [7, 11) is 3.67. The topological polar surface area (TPSA) is 39.1 Å². The Hall–Kier alpha value is -0.870. The molecule has 1 aromatic heterocycles. The molecule has 0 aromatic carbocycles. The molecule has 0 amide bonds. The summed E-state index contributed by atoms with van der Waals surface area (Å²) in [5.41, 5.74) is 1.38. The van der Waals surface area contributed by atoms with Gasteiger partial charge in [-0.15, -0.1) is 0 Å². The zero-order valence-corrected chi connectivity index (χ0v) is 10.8. The second-order valence-corrected chi connectivity index (χ2v) is 4.99. The van der Waals surface area contributed by atoms with Crippen molar-refractivity contribution in [2.75, 3.05) is 26.8 Å². The van der Waals surface area contributed by atoms with Gasteiger partial charge in [-0.2, -0.15) is 5.10 Å². The minimum Gasteiger partial charge on any atom is -0.383 e. The number of hydrogen-bond donors (Lipinski definition) is 1. The predicted molar refractivity (Wildman–Crippen MR) is 65.4 cm³/mol. The van der Waals surface area contributed by atoms with Crippen molar-refractivity contribution in [3.63, 3.8) is 0 Å². The van der Waals surface area contributed by atoms with E-state index in [9.17, 15) is 0 Å². The van der Waals surface area contributed by atoms with Crippen LogP contribution in [0.2, 0.25) is 0 Å². The Kier molecular flexibility index (Phi) is 4.96. The summed E-state index contributed by atoms with van der Waals surface area (Å²) >= 11 is 0. The Labute approximate surface area is 98.0 Å². The smallest absolute Gasteiger partial charge is 0.0630 e. The van der Waals surface area contributed by atoms with Gasteiger partial charge in [0.25, 0.3) is 0 Å². The third-order valence-electron chi connectivity index (χ3n) is 2.52. The highest BCUT2D eigenvalue weighted by molar-refractivity contribution is 5.02. The van der Waals surface area contributed by atoms with Crippen LogP contribution in [0.1, 0.15) is 19.5 Å². The molecule has 92 valence electrons. The van der Waals surface area contributed by atoms with Gasteiger partial charge in [-0.05, 0) is 17.9 Å². The van der Waals surface area contributed by atoms with Crippen LogP contribution in [0, 0.1) is 5.41 Å². The van der Waals surface area contributed by atoms with Gasteiger partial charge in [0.2, 0.25) is 0 Å². The summed E-state index contributed by atoms with van der Waals surface area (Å²) in [5.74, 6) is 0. The van der Waals surface area contributed by atoms with E-state index in [1.54, 1.807) is 7.11 Å². The molecule has 0 spiro atoms. The molecule has 4 nitrogen and oxygen atoms in total. The van der Waals surface area contributed by atoms with Crippen molar-refractivity contribution >= 4 is 0 Å². The van der Waals surface area contributed by atoms with E-state index in [0.29, 0.717) is 0 Å². The van der Waals surface area contributed by atoms with Gasteiger partial charge < -0.3 is 10.1 Å². The molecule has 0 aliphatic carbocycles. The second kappa shape index (κ2) is 6.01. The molecule has 0 fully saturated rings. The first-order valence-corrected chi connectivity index (χ1v) is 5.72. The molecular weight excluding hydrogens is 202 g/mol. The quantitative estimate of drug-likeness (QED) is 0.709. The van der Waals surface area contributed by atoms with Gasteiger partial charge in [0.1, 0.15) is 0 Å². The Morgan fingerprint density at radius 3 is 2.81 bits per heavy atom. The Morgan fingerprint density at radius 2 is 2.25 bits per heavy atom. The van der Waals surface area contributed by atoms with E-state index < -0.39 is 0 Å². The van der Waals surface area contributed by atoms with E-state index in [1.807, 2.05) is 17.9 Å². The zero-order valence-electron chi connectivity index (χ0n) is 10.8. The van der Waals surface area contributed by atoms with Crippen LogP contribution in [0.3, 0.4) is 0 Å². The first-order valence-electron chi connectivity index (χ1n) is 5.72. The number of nitrogens with one attached hydrogen (secondary N) is 1. The fraction of sp³-hybridized carbons (Fsp3) is 0.750. The SMILES string of the molecule is COCCNCC(C)(C)Cc1ccn(C)n1. The maximum absolute atomic E-state index is 5.00. The summed E-state index contributed by atoms with van der Waals surface area (Å²) in [6.45, 7) is 7.15. The molecule has 4 heteroatoms. The highest BCUT2D eigenvalue weighted by atomic mass is 16.5. The Bertz CT molecular complexity index is 307. The van der Waals surface area contributed by atoms with Crippen molar-refractivity contribution in [1.29, 1.82) is 0 Å². The van der Waals surface area contributed by atoms with Gasteiger partial charge in [-0.25, -0.2) is 0 Å². The van der Waals surface area contributed by atoms with Crippen LogP contribution in [-0.2, 0) is 18.2 Å². The van der Waals surface area contributed by atoms with E-state index in [1.165, 1.54) is 0 Å². The lowest BCUT2D eigenvalue weighted by molar-refractivity contribution is 0.193. The molecule has 0 aliphatic heterocycles. The lowest BCUT2D eigenvalue weighted by atomic mass is 9.88. The average Bonchev–Trinajstić information content (AvgIpc) is 2.58. The minimum absolute atomic E-state index is 0.224. The molecule has 0 bridgehead atoms. The first-order chi connectivity index (χ1) is 7.53. The van der Waals surface area contributed by atoms with Crippen LogP contribution in [0.15, 0.2) is 12.3 Å². The van der Waals surface area contributed by atoms with Crippen molar-refractivity contribution in [1.82, 2.24) is 15.1 Å². The van der Waals surface area contributed by atoms with Gasteiger partial charge in [-0.1, -0.05) is 13.8 Å². The van der Waals surface area contributed by atoms with Gasteiger partial charge in [-0.3, -0.25) is 4.68 Å². The van der Waals surface area contributed by atoms with E-state index in [2.05, 4.69) is 30.3 Å². The number of nitrogens with zero attached hydrogens (tertiary/aromatic N) is 2. The fourth-order valence-electron chi connectivity index (χ4n) is 1.71. The standard InChI is InChI=1S/C12H23N3O/c1-12(2,10-13-6-8-16-4)9-11-5-7-15(3)14-11/h5,7,13H,6,8-10H2,1-4H3. The van der Waals surface area contributed by atoms with Crippen LogP contribution in [-0.4, -0.2) is 36.6 Å².